The predicted octanol–water partition coefficient (Wildman–Crippen LogP) is 1.42. The fourth-order valence-electron chi connectivity index (χ4n) is 1.18. The number of ether oxygens (including phenoxy) is 1. The van der Waals surface area contributed by atoms with Gasteiger partial charge in [0, 0.05) is 5.56 Å². The zero-order valence-electron chi connectivity index (χ0n) is 7.86. The van der Waals surface area contributed by atoms with Gasteiger partial charge in [0.1, 0.15) is 0 Å². The summed E-state index contributed by atoms with van der Waals surface area (Å²) in [5.41, 5.74) is 0.486. The number of phenolic OH excluding ortho intramolecular Hbond substituents is 1. The van der Waals surface area contributed by atoms with Crippen molar-refractivity contribution in [3.05, 3.63) is 23.8 Å². The van der Waals surface area contributed by atoms with Gasteiger partial charge in [-0.1, -0.05) is 12.1 Å². The molecule has 0 heterocycles. The normalized spacial score (nSPS) is 9.79. The molecule has 14 heavy (non-hydrogen) atoms. The summed E-state index contributed by atoms with van der Waals surface area (Å²) in [4.78, 5) is 10.5. The Morgan fingerprint density at radius 3 is 2.79 bits per heavy atom. The van der Waals surface area contributed by atoms with Crippen LogP contribution >= 0.6 is 0 Å². The molecule has 1 aromatic rings. The molecule has 0 atom stereocenters. The highest BCUT2D eigenvalue weighted by molar-refractivity contribution is 5.72. The maximum absolute atomic E-state index is 10.5. The number of aromatic hydroxyl groups is 1. The van der Waals surface area contributed by atoms with Gasteiger partial charge in [-0.05, 0) is 13.0 Å². The zero-order valence-corrected chi connectivity index (χ0v) is 7.86. The first-order valence-electron chi connectivity index (χ1n) is 4.30. The van der Waals surface area contributed by atoms with E-state index in [1.54, 1.807) is 19.1 Å². The molecule has 0 spiro atoms. The topological polar surface area (TPSA) is 66.8 Å². The third-order valence-electron chi connectivity index (χ3n) is 1.71. The molecule has 0 aliphatic rings. The summed E-state index contributed by atoms with van der Waals surface area (Å²) < 4.78 is 5.16. The Hall–Kier alpha value is -1.71. The minimum atomic E-state index is -0.948. The van der Waals surface area contributed by atoms with Gasteiger partial charge in [-0.15, -0.1) is 0 Å². The largest absolute Gasteiger partial charge is 0.504 e. The molecular weight excluding hydrogens is 184 g/mol. The van der Waals surface area contributed by atoms with E-state index in [0.29, 0.717) is 12.2 Å². The van der Waals surface area contributed by atoms with E-state index in [0.717, 1.165) is 0 Å². The lowest BCUT2D eigenvalue weighted by atomic mass is 10.1. The van der Waals surface area contributed by atoms with Crippen molar-refractivity contribution >= 4 is 5.97 Å². The molecule has 2 N–H and O–H groups in total. The number of carbonyl (C=O) groups is 1. The molecule has 0 unspecified atom stereocenters. The number of carboxylic acid groups (broad SMARTS) is 1. The van der Waals surface area contributed by atoms with Crippen molar-refractivity contribution in [2.45, 2.75) is 13.3 Å². The molecule has 4 heteroatoms. The number of rotatable bonds is 4. The van der Waals surface area contributed by atoms with E-state index in [1.165, 1.54) is 6.07 Å². The lowest BCUT2D eigenvalue weighted by molar-refractivity contribution is -0.136. The molecule has 0 amide bonds. The van der Waals surface area contributed by atoms with Crippen LogP contribution in [0.4, 0.5) is 0 Å². The first kappa shape index (κ1) is 10.4. The van der Waals surface area contributed by atoms with Gasteiger partial charge in [0.25, 0.3) is 0 Å². The molecule has 0 bridgehead atoms. The number of hydrogen-bond donors (Lipinski definition) is 2. The van der Waals surface area contributed by atoms with Crippen molar-refractivity contribution in [3.8, 4) is 11.5 Å². The van der Waals surface area contributed by atoms with E-state index in [-0.39, 0.29) is 17.9 Å². The summed E-state index contributed by atoms with van der Waals surface area (Å²) in [5.74, 6) is -0.709. The summed E-state index contributed by atoms with van der Waals surface area (Å²) in [6.07, 6.45) is -0.149. The molecule has 0 radical (unpaired) electrons. The van der Waals surface area contributed by atoms with Crippen LogP contribution in [0.2, 0.25) is 0 Å². The second-order valence-corrected chi connectivity index (χ2v) is 2.77. The Morgan fingerprint density at radius 1 is 1.50 bits per heavy atom. The van der Waals surface area contributed by atoms with Crippen LogP contribution in [0, 0.1) is 0 Å². The van der Waals surface area contributed by atoms with Crippen molar-refractivity contribution in [2.24, 2.45) is 0 Å². The van der Waals surface area contributed by atoms with E-state index in [1.807, 2.05) is 0 Å². The van der Waals surface area contributed by atoms with Crippen molar-refractivity contribution < 1.29 is 19.7 Å². The lowest BCUT2D eigenvalue weighted by Crippen LogP contribution is -2.03. The second kappa shape index (κ2) is 4.50. The fraction of sp³-hybridized carbons (Fsp3) is 0.300. The average molecular weight is 196 g/mol. The molecule has 0 saturated carbocycles. The highest BCUT2D eigenvalue weighted by Gasteiger charge is 2.11. The summed E-state index contributed by atoms with van der Waals surface area (Å²) in [5, 5.41) is 18.0. The molecule has 4 nitrogen and oxygen atoms in total. The fourth-order valence-corrected chi connectivity index (χ4v) is 1.18. The molecule has 0 aliphatic carbocycles. The Bertz CT molecular complexity index is 333. The van der Waals surface area contributed by atoms with Crippen molar-refractivity contribution in [1.29, 1.82) is 0 Å². The summed E-state index contributed by atoms with van der Waals surface area (Å²) in [6.45, 7) is 2.17. The van der Waals surface area contributed by atoms with Gasteiger partial charge >= 0.3 is 5.97 Å². The van der Waals surface area contributed by atoms with Gasteiger partial charge < -0.3 is 14.9 Å². The minimum Gasteiger partial charge on any atom is -0.504 e. The van der Waals surface area contributed by atoms with E-state index >= 15 is 0 Å². The molecule has 76 valence electrons. The number of hydrogen-bond acceptors (Lipinski definition) is 3. The summed E-state index contributed by atoms with van der Waals surface area (Å²) in [7, 11) is 0. The number of carboxylic acids is 1. The van der Waals surface area contributed by atoms with Crippen molar-refractivity contribution in [1.82, 2.24) is 0 Å². The maximum Gasteiger partial charge on any atom is 0.307 e. The molecule has 0 saturated heterocycles. The van der Waals surface area contributed by atoms with E-state index in [2.05, 4.69) is 0 Å². The van der Waals surface area contributed by atoms with Crippen molar-refractivity contribution in [2.75, 3.05) is 6.61 Å². The maximum atomic E-state index is 10.5. The lowest BCUT2D eigenvalue weighted by Gasteiger charge is -2.09. The average Bonchev–Trinajstić information content (AvgIpc) is 2.10. The van der Waals surface area contributed by atoms with Crippen LogP contribution in [0.25, 0.3) is 0 Å². The van der Waals surface area contributed by atoms with Crippen LogP contribution in [0.15, 0.2) is 18.2 Å². The van der Waals surface area contributed by atoms with Gasteiger partial charge in [-0.2, -0.15) is 0 Å². The first-order valence-corrected chi connectivity index (χ1v) is 4.30. The van der Waals surface area contributed by atoms with Crippen LogP contribution in [0.1, 0.15) is 12.5 Å². The third kappa shape index (κ3) is 2.39. The van der Waals surface area contributed by atoms with Gasteiger partial charge in [-0.3, -0.25) is 4.79 Å². The Kier molecular flexibility index (Phi) is 3.34. The van der Waals surface area contributed by atoms with Crippen LogP contribution in [-0.4, -0.2) is 22.8 Å². The number of phenols is 1. The van der Waals surface area contributed by atoms with Crippen LogP contribution in [0.3, 0.4) is 0 Å². The van der Waals surface area contributed by atoms with Crippen LogP contribution in [-0.2, 0) is 11.2 Å². The first-order chi connectivity index (χ1) is 6.65. The predicted molar refractivity (Wildman–Crippen MR) is 50.6 cm³/mol. The molecule has 0 aromatic heterocycles. The van der Waals surface area contributed by atoms with Gasteiger partial charge in [0.15, 0.2) is 11.5 Å². The van der Waals surface area contributed by atoms with E-state index in [9.17, 15) is 9.90 Å². The second-order valence-electron chi connectivity index (χ2n) is 2.77. The van der Waals surface area contributed by atoms with E-state index < -0.39 is 5.97 Å². The summed E-state index contributed by atoms with van der Waals surface area (Å²) in [6, 6.07) is 4.69. The highest BCUT2D eigenvalue weighted by Crippen LogP contribution is 2.30. The molecular formula is C10H12O4. The van der Waals surface area contributed by atoms with Crippen LogP contribution < -0.4 is 4.74 Å². The Balaban J connectivity index is 3.01. The zero-order chi connectivity index (χ0) is 10.6. The smallest absolute Gasteiger partial charge is 0.307 e. The Morgan fingerprint density at radius 2 is 2.21 bits per heavy atom. The molecule has 1 aromatic carbocycles. The van der Waals surface area contributed by atoms with Gasteiger partial charge in [0.05, 0.1) is 13.0 Å². The quantitative estimate of drug-likeness (QED) is 0.764. The van der Waals surface area contributed by atoms with Gasteiger partial charge in [-0.25, -0.2) is 0 Å². The van der Waals surface area contributed by atoms with Crippen LogP contribution in [0.5, 0.6) is 11.5 Å². The monoisotopic (exact) mass is 196 g/mol. The number of para-hydroxylation sites is 1. The SMILES string of the molecule is CCOc1c(O)cccc1CC(=O)O. The van der Waals surface area contributed by atoms with Crippen molar-refractivity contribution in [3.63, 3.8) is 0 Å². The van der Waals surface area contributed by atoms with E-state index in [4.69, 9.17) is 9.84 Å². The molecule has 1 rings (SSSR count). The minimum absolute atomic E-state index is 0.0226. The number of aliphatic carboxylic acids is 1. The standard InChI is InChI=1S/C10H12O4/c1-2-14-10-7(6-9(12)13)4-3-5-8(10)11/h3-5,11H,2,6H2,1H3,(H,12,13). The number of benzene rings is 1. The molecule has 0 fully saturated rings. The summed E-state index contributed by atoms with van der Waals surface area (Å²) >= 11 is 0. The Labute approximate surface area is 81.8 Å². The van der Waals surface area contributed by atoms with Gasteiger partial charge in [0.2, 0.25) is 0 Å². The third-order valence-corrected chi connectivity index (χ3v) is 1.71. The highest BCUT2D eigenvalue weighted by atomic mass is 16.5. The molecule has 0 aliphatic heterocycles.